The molecule has 1 N–H and O–H groups in total. The van der Waals surface area contributed by atoms with Gasteiger partial charge in [0.25, 0.3) is 5.69 Å². The zero-order valence-corrected chi connectivity index (χ0v) is 11.6. The Balaban J connectivity index is 1.99. The summed E-state index contributed by atoms with van der Waals surface area (Å²) in [5, 5.41) is 19.4. The van der Waals surface area contributed by atoms with Crippen molar-refractivity contribution in [2.75, 3.05) is 13.1 Å². The second kappa shape index (κ2) is 5.90. The van der Waals surface area contributed by atoms with Gasteiger partial charge < -0.3 is 10.0 Å². The molecule has 112 valence electrons. The highest BCUT2D eigenvalue weighted by Gasteiger charge is 2.34. The van der Waals surface area contributed by atoms with Crippen LogP contribution in [0.5, 0.6) is 0 Å². The van der Waals surface area contributed by atoms with Gasteiger partial charge in [0, 0.05) is 31.1 Å². The first kappa shape index (κ1) is 15.0. The summed E-state index contributed by atoms with van der Waals surface area (Å²) in [6, 6.07) is 6.02. The minimum Gasteiger partial charge on any atom is -0.481 e. The van der Waals surface area contributed by atoms with Gasteiger partial charge in [-0.25, -0.2) is 0 Å². The van der Waals surface area contributed by atoms with E-state index in [0.29, 0.717) is 18.7 Å². The number of aliphatic carboxylic acids is 1. The lowest BCUT2D eigenvalue weighted by atomic mass is 9.92. The molecular weight excluding hydrogens is 276 g/mol. The van der Waals surface area contributed by atoms with Crippen molar-refractivity contribution in [2.45, 2.75) is 19.3 Å². The van der Waals surface area contributed by atoms with Crippen LogP contribution in [0.4, 0.5) is 5.69 Å². The highest BCUT2D eigenvalue weighted by Crippen LogP contribution is 2.27. The van der Waals surface area contributed by atoms with Crippen LogP contribution in [0.25, 0.3) is 0 Å². The van der Waals surface area contributed by atoms with Gasteiger partial charge in [-0.15, -0.1) is 0 Å². The third-order valence-corrected chi connectivity index (χ3v) is 3.68. The van der Waals surface area contributed by atoms with E-state index in [9.17, 15) is 19.7 Å². The van der Waals surface area contributed by atoms with Crippen LogP contribution in [0, 0.1) is 16.0 Å². The number of nitro benzene ring substituents is 1. The van der Waals surface area contributed by atoms with Gasteiger partial charge in [-0.05, 0) is 12.5 Å². The SMILES string of the molecule is CC(C(=O)N1CC(CC(=O)O)C1)c1cccc([N+](=O)[O-])c1. The average Bonchev–Trinajstić information content (AvgIpc) is 2.40. The summed E-state index contributed by atoms with van der Waals surface area (Å²) in [6.07, 6.45) is 0.0645. The van der Waals surface area contributed by atoms with E-state index in [2.05, 4.69) is 0 Å². The highest BCUT2D eigenvalue weighted by atomic mass is 16.6. The molecule has 1 aliphatic rings. The Morgan fingerprint density at radius 2 is 2.14 bits per heavy atom. The first-order valence-corrected chi connectivity index (χ1v) is 6.63. The lowest BCUT2D eigenvalue weighted by molar-refractivity contribution is -0.384. The third kappa shape index (κ3) is 3.36. The van der Waals surface area contributed by atoms with E-state index >= 15 is 0 Å². The first-order valence-electron chi connectivity index (χ1n) is 6.63. The van der Waals surface area contributed by atoms with Crippen molar-refractivity contribution in [2.24, 2.45) is 5.92 Å². The van der Waals surface area contributed by atoms with Crippen molar-refractivity contribution in [3.8, 4) is 0 Å². The molecule has 21 heavy (non-hydrogen) atoms. The van der Waals surface area contributed by atoms with Crippen LogP contribution >= 0.6 is 0 Å². The first-order chi connectivity index (χ1) is 9.88. The number of carbonyl (C=O) groups is 2. The van der Waals surface area contributed by atoms with Crippen LogP contribution in [-0.4, -0.2) is 39.9 Å². The summed E-state index contributed by atoms with van der Waals surface area (Å²) >= 11 is 0. The Morgan fingerprint density at radius 1 is 1.48 bits per heavy atom. The summed E-state index contributed by atoms with van der Waals surface area (Å²) in [7, 11) is 0. The number of carboxylic acids is 1. The molecule has 0 aliphatic carbocycles. The van der Waals surface area contributed by atoms with E-state index in [0.717, 1.165) is 0 Å². The molecule has 1 aromatic rings. The summed E-state index contributed by atoms with van der Waals surface area (Å²) in [5.74, 6) is -1.46. The lowest BCUT2D eigenvalue weighted by Crippen LogP contribution is -2.51. The molecule has 0 bridgehead atoms. The summed E-state index contributed by atoms with van der Waals surface area (Å²) in [6.45, 7) is 2.57. The maximum Gasteiger partial charge on any atom is 0.303 e. The van der Waals surface area contributed by atoms with Gasteiger partial charge in [-0.3, -0.25) is 19.7 Å². The molecule has 2 rings (SSSR count). The number of carbonyl (C=O) groups excluding carboxylic acids is 1. The van der Waals surface area contributed by atoms with Crippen molar-refractivity contribution in [1.82, 2.24) is 4.90 Å². The number of carboxylic acid groups (broad SMARTS) is 1. The van der Waals surface area contributed by atoms with E-state index in [1.165, 1.54) is 12.1 Å². The standard InChI is InChI=1S/C14H16N2O5/c1-9(11-3-2-4-12(6-11)16(20)21)14(19)15-7-10(8-15)5-13(17)18/h2-4,6,9-10H,5,7-8H2,1H3,(H,17,18). The molecule has 1 amide bonds. The van der Waals surface area contributed by atoms with Gasteiger partial charge in [0.05, 0.1) is 17.3 Å². The molecule has 1 aliphatic heterocycles. The van der Waals surface area contributed by atoms with Gasteiger partial charge in [0.2, 0.25) is 5.91 Å². The van der Waals surface area contributed by atoms with Crippen LogP contribution in [0.15, 0.2) is 24.3 Å². The lowest BCUT2D eigenvalue weighted by Gasteiger charge is -2.40. The fourth-order valence-corrected chi connectivity index (χ4v) is 2.45. The molecule has 1 fully saturated rings. The zero-order valence-electron chi connectivity index (χ0n) is 11.6. The Hall–Kier alpha value is -2.44. The number of non-ortho nitro benzene ring substituents is 1. The second-order valence-corrected chi connectivity index (χ2v) is 5.28. The van der Waals surface area contributed by atoms with E-state index in [1.54, 1.807) is 24.0 Å². The largest absolute Gasteiger partial charge is 0.481 e. The molecule has 1 unspecified atom stereocenters. The molecular formula is C14H16N2O5. The molecule has 0 radical (unpaired) electrons. The summed E-state index contributed by atoms with van der Waals surface area (Å²) in [5.41, 5.74) is 0.551. The zero-order chi connectivity index (χ0) is 15.6. The molecule has 1 heterocycles. The molecule has 7 nitrogen and oxygen atoms in total. The Bertz CT molecular complexity index is 580. The van der Waals surface area contributed by atoms with Gasteiger partial charge in [0.1, 0.15) is 0 Å². The highest BCUT2D eigenvalue weighted by molar-refractivity contribution is 5.84. The molecule has 1 aromatic carbocycles. The fraction of sp³-hybridized carbons (Fsp3) is 0.429. The van der Waals surface area contributed by atoms with Crippen molar-refractivity contribution < 1.29 is 19.6 Å². The van der Waals surface area contributed by atoms with Gasteiger partial charge in [0.15, 0.2) is 0 Å². The van der Waals surface area contributed by atoms with Crippen LogP contribution in [-0.2, 0) is 9.59 Å². The predicted molar refractivity (Wildman–Crippen MR) is 73.8 cm³/mol. The van der Waals surface area contributed by atoms with E-state index in [1.807, 2.05) is 0 Å². The van der Waals surface area contributed by atoms with Crippen LogP contribution in [0.3, 0.4) is 0 Å². The van der Waals surface area contributed by atoms with Gasteiger partial charge in [-0.2, -0.15) is 0 Å². The number of benzene rings is 1. The number of hydrogen-bond acceptors (Lipinski definition) is 4. The topological polar surface area (TPSA) is 101 Å². The maximum absolute atomic E-state index is 12.2. The number of nitrogens with zero attached hydrogens (tertiary/aromatic N) is 2. The normalized spacial score (nSPS) is 16.1. The second-order valence-electron chi connectivity index (χ2n) is 5.28. The van der Waals surface area contributed by atoms with E-state index < -0.39 is 16.8 Å². The van der Waals surface area contributed by atoms with E-state index in [-0.39, 0.29) is 23.9 Å². The Labute approximate surface area is 121 Å². The summed E-state index contributed by atoms with van der Waals surface area (Å²) in [4.78, 5) is 34.7. The molecule has 1 saturated heterocycles. The minimum atomic E-state index is -0.862. The Kier molecular flexibility index (Phi) is 4.21. The monoisotopic (exact) mass is 292 g/mol. The van der Waals surface area contributed by atoms with Crippen molar-refractivity contribution in [3.63, 3.8) is 0 Å². The number of likely N-dealkylation sites (tertiary alicyclic amines) is 1. The van der Waals surface area contributed by atoms with E-state index in [4.69, 9.17) is 5.11 Å². The third-order valence-electron chi connectivity index (χ3n) is 3.68. The number of nitro groups is 1. The van der Waals surface area contributed by atoms with Crippen molar-refractivity contribution in [3.05, 3.63) is 39.9 Å². The van der Waals surface area contributed by atoms with Gasteiger partial charge in [-0.1, -0.05) is 12.1 Å². The summed E-state index contributed by atoms with van der Waals surface area (Å²) < 4.78 is 0. The van der Waals surface area contributed by atoms with Crippen molar-refractivity contribution >= 4 is 17.6 Å². The number of hydrogen-bond donors (Lipinski definition) is 1. The van der Waals surface area contributed by atoms with Crippen LogP contribution < -0.4 is 0 Å². The van der Waals surface area contributed by atoms with Crippen molar-refractivity contribution in [1.29, 1.82) is 0 Å². The number of rotatable bonds is 5. The maximum atomic E-state index is 12.2. The fourth-order valence-electron chi connectivity index (χ4n) is 2.45. The minimum absolute atomic E-state index is 0.00348. The Morgan fingerprint density at radius 3 is 2.71 bits per heavy atom. The van der Waals surface area contributed by atoms with Gasteiger partial charge >= 0.3 is 5.97 Å². The molecule has 0 saturated carbocycles. The molecule has 0 aromatic heterocycles. The molecule has 1 atom stereocenters. The number of amides is 1. The van der Waals surface area contributed by atoms with Crippen LogP contribution in [0.2, 0.25) is 0 Å². The average molecular weight is 292 g/mol. The smallest absolute Gasteiger partial charge is 0.303 e. The quantitative estimate of drug-likeness (QED) is 0.656. The molecule has 0 spiro atoms. The molecule has 7 heteroatoms. The predicted octanol–water partition coefficient (Wildman–Crippen LogP) is 1.63. The van der Waals surface area contributed by atoms with Crippen LogP contribution in [0.1, 0.15) is 24.8 Å².